The molecule has 3 nitrogen and oxygen atoms in total. The zero-order valence-electron chi connectivity index (χ0n) is 10.7. The number of halogens is 6. The van der Waals surface area contributed by atoms with Gasteiger partial charge in [0.25, 0.3) is 0 Å². The van der Waals surface area contributed by atoms with Crippen LogP contribution in [0.3, 0.4) is 0 Å². The van der Waals surface area contributed by atoms with Gasteiger partial charge in [-0.15, -0.1) is 0 Å². The van der Waals surface area contributed by atoms with Gasteiger partial charge in [-0.25, -0.2) is 0 Å². The van der Waals surface area contributed by atoms with Crippen LogP contribution in [0.1, 0.15) is 16.7 Å². The zero-order chi connectivity index (χ0) is 16.5. The summed E-state index contributed by atoms with van der Waals surface area (Å²) in [5.74, 6) is 0. The second-order valence-electron chi connectivity index (χ2n) is 4.36. The van der Waals surface area contributed by atoms with Crippen LogP contribution in [0.4, 0.5) is 26.3 Å². The van der Waals surface area contributed by atoms with Crippen LogP contribution in [-0.4, -0.2) is 25.5 Å². The molecular formula is C11H12F6O3Si. The number of rotatable bonds is 4. The molecule has 1 aromatic carbocycles. The highest BCUT2D eigenvalue weighted by Crippen LogP contribution is 2.36. The monoisotopic (exact) mass is 334 g/mol. The van der Waals surface area contributed by atoms with Gasteiger partial charge in [0, 0.05) is 13.2 Å². The van der Waals surface area contributed by atoms with E-state index in [9.17, 15) is 35.9 Å². The van der Waals surface area contributed by atoms with E-state index in [4.69, 9.17) is 0 Å². The van der Waals surface area contributed by atoms with Gasteiger partial charge < -0.3 is 14.0 Å². The minimum Gasteiger partial charge on any atom is -0.390 e. The lowest BCUT2D eigenvalue weighted by Gasteiger charge is -2.17. The Balaban J connectivity index is 3.14. The van der Waals surface area contributed by atoms with Crippen molar-refractivity contribution in [3.63, 3.8) is 0 Å². The van der Waals surface area contributed by atoms with Crippen LogP contribution in [0.25, 0.3) is 0 Å². The molecule has 10 heteroatoms. The number of aryl methyl sites for hydroxylation is 1. The minimum atomic E-state index is -4.93. The highest BCUT2D eigenvalue weighted by atomic mass is 28.4. The summed E-state index contributed by atoms with van der Waals surface area (Å²) in [5.41, 5.74) is -3.17. The topological polar surface area (TPSA) is 49.7 Å². The second kappa shape index (κ2) is 5.95. The zero-order valence-corrected chi connectivity index (χ0v) is 11.7. The quantitative estimate of drug-likeness (QED) is 0.658. The van der Waals surface area contributed by atoms with Crippen LogP contribution in [0.15, 0.2) is 18.2 Å². The molecule has 1 rings (SSSR count). The standard InChI is InChI=1S/C11H12F6O3Si/c1-20-21(18,19)3-2-7-4-8(10(12,13)14)6-9(5-7)11(15,16)17/h4-6,18-19H,2-3H2,1H3. The van der Waals surface area contributed by atoms with Crippen LogP contribution in [0.2, 0.25) is 6.04 Å². The molecule has 0 aliphatic carbocycles. The first-order chi connectivity index (χ1) is 9.35. The van der Waals surface area contributed by atoms with E-state index >= 15 is 0 Å². The van der Waals surface area contributed by atoms with Gasteiger partial charge in [0.1, 0.15) is 0 Å². The molecule has 0 aliphatic heterocycles. The van der Waals surface area contributed by atoms with E-state index in [0.717, 1.165) is 7.11 Å². The van der Waals surface area contributed by atoms with Crippen LogP contribution in [0.5, 0.6) is 0 Å². The maximum absolute atomic E-state index is 12.6. The van der Waals surface area contributed by atoms with Crippen molar-refractivity contribution in [1.29, 1.82) is 0 Å². The smallest absolute Gasteiger partial charge is 0.390 e. The van der Waals surface area contributed by atoms with Gasteiger partial charge in [0.05, 0.1) is 11.1 Å². The summed E-state index contributed by atoms with van der Waals surface area (Å²) in [5, 5.41) is 0. The predicted molar refractivity (Wildman–Crippen MR) is 62.2 cm³/mol. The van der Waals surface area contributed by atoms with Gasteiger partial charge in [-0.3, -0.25) is 0 Å². The summed E-state index contributed by atoms with van der Waals surface area (Å²) in [4.78, 5) is 18.5. The first kappa shape index (κ1) is 17.9. The molecule has 0 unspecified atom stereocenters. The molecule has 0 spiro atoms. The van der Waals surface area contributed by atoms with Crippen molar-refractivity contribution in [2.24, 2.45) is 0 Å². The summed E-state index contributed by atoms with van der Waals surface area (Å²) >= 11 is 0. The SMILES string of the molecule is CO[Si](O)(O)CCc1cc(C(F)(F)F)cc(C(F)(F)F)c1. The van der Waals surface area contributed by atoms with Crippen molar-refractivity contribution in [3.8, 4) is 0 Å². The van der Waals surface area contributed by atoms with E-state index < -0.39 is 38.3 Å². The molecular weight excluding hydrogens is 322 g/mol. The molecule has 2 N–H and O–H groups in total. The van der Waals surface area contributed by atoms with E-state index in [2.05, 4.69) is 4.43 Å². The third kappa shape index (κ3) is 5.30. The largest absolute Gasteiger partial charge is 0.495 e. The Morgan fingerprint density at radius 1 is 0.952 bits per heavy atom. The van der Waals surface area contributed by atoms with E-state index in [1.165, 1.54) is 0 Å². The van der Waals surface area contributed by atoms with Gasteiger partial charge in [-0.05, 0) is 30.2 Å². The van der Waals surface area contributed by atoms with Crippen molar-refractivity contribution in [2.45, 2.75) is 24.8 Å². The number of alkyl halides is 6. The highest BCUT2D eigenvalue weighted by Gasteiger charge is 2.37. The Morgan fingerprint density at radius 3 is 1.71 bits per heavy atom. The Kier molecular flexibility index (Phi) is 5.08. The van der Waals surface area contributed by atoms with Crippen LogP contribution >= 0.6 is 0 Å². The van der Waals surface area contributed by atoms with E-state index in [0.29, 0.717) is 12.1 Å². The molecule has 0 amide bonds. The van der Waals surface area contributed by atoms with Crippen molar-refractivity contribution >= 4 is 8.80 Å². The molecule has 0 radical (unpaired) electrons. The Labute approximate surface area is 117 Å². The third-order valence-electron chi connectivity index (χ3n) is 2.71. The van der Waals surface area contributed by atoms with Gasteiger partial charge in [0.2, 0.25) is 0 Å². The maximum atomic E-state index is 12.6. The number of hydrogen-bond donors (Lipinski definition) is 2. The summed E-state index contributed by atoms with van der Waals surface area (Å²) in [6.45, 7) is 0. The average Bonchev–Trinajstić information content (AvgIpc) is 2.34. The fourth-order valence-electron chi connectivity index (χ4n) is 1.57. The van der Waals surface area contributed by atoms with Gasteiger partial charge >= 0.3 is 21.2 Å². The molecule has 1 aromatic rings. The highest BCUT2D eigenvalue weighted by molar-refractivity contribution is 6.57. The molecule has 120 valence electrons. The van der Waals surface area contributed by atoms with Crippen LogP contribution in [-0.2, 0) is 23.2 Å². The summed E-state index contributed by atoms with van der Waals surface area (Å²) in [6.07, 6.45) is -10.2. The first-order valence-corrected chi connectivity index (χ1v) is 7.64. The Hall–Kier alpha value is -1.10. The molecule has 0 heterocycles. The van der Waals surface area contributed by atoms with Crippen molar-refractivity contribution in [1.82, 2.24) is 0 Å². The summed E-state index contributed by atoms with van der Waals surface area (Å²) < 4.78 is 79.9. The van der Waals surface area contributed by atoms with Crippen molar-refractivity contribution < 1.29 is 40.4 Å². The van der Waals surface area contributed by atoms with E-state index in [-0.39, 0.29) is 18.1 Å². The van der Waals surface area contributed by atoms with Crippen molar-refractivity contribution in [2.75, 3.05) is 7.11 Å². The summed E-state index contributed by atoms with van der Waals surface area (Å²) in [7, 11) is -3.05. The molecule has 0 aliphatic rings. The molecule has 21 heavy (non-hydrogen) atoms. The minimum absolute atomic E-state index is 0.0163. The second-order valence-corrected chi connectivity index (χ2v) is 6.76. The van der Waals surface area contributed by atoms with Crippen LogP contribution < -0.4 is 0 Å². The van der Waals surface area contributed by atoms with E-state index in [1.807, 2.05) is 0 Å². The maximum Gasteiger partial charge on any atom is 0.495 e. The van der Waals surface area contributed by atoms with Crippen LogP contribution in [0, 0.1) is 0 Å². The molecule has 0 saturated heterocycles. The van der Waals surface area contributed by atoms with Gasteiger partial charge in [-0.2, -0.15) is 26.3 Å². The fraction of sp³-hybridized carbons (Fsp3) is 0.455. The predicted octanol–water partition coefficient (Wildman–Crippen LogP) is 2.84. The third-order valence-corrected chi connectivity index (χ3v) is 4.27. The van der Waals surface area contributed by atoms with Crippen molar-refractivity contribution in [3.05, 3.63) is 34.9 Å². The normalized spacial score (nSPS) is 13.6. The lowest BCUT2D eigenvalue weighted by Crippen LogP contribution is -2.37. The summed E-state index contributed by atoms with van der Waals surface area (Å²) in [6, 6.07) is 0.676. The average molecular weight is 334 g/mol. The Bertz CT molecular complexity index is 465. The molecule has 0 aromatic heterocycles. The number of hydrogen-bond acceptors (Lipinski definition) is 3. The number of benzene rings is 1. The van der Waals surface area contributed by atoms with Gasteiger partial charge in [0.15, 0.2) is 0 Å². The van der Waals surface area contributed by atoms with E-state index in [1.54, 1.807) is 0 Å². The lowest BCUT2D eigenvalue weighted by molar-refractivity contribution is -0.143. The Morgan fingerprint density at radius 2 is 1.38 bits per heavy atom. The fourth-order valence-corrected chi connectivity index (χ4v) is 2.39. The molecule has 0 saturated carbocycles. The molecule has 0 fully saturated rings. The first-order valence-electron chi connectivity index (χ1n) is 5.63. The van der Waals surface area contributed by atoms with Gasteiger partial charge in [-0.1, -0.05) is 0 Å². The molecule has 0 atom stereocenters. The molecule has 0 bridgehead atoms. The lowest BCUT2D eigenvalue weighted by atomic mass is 10.0.